The van der Waals surface area contributed by atoms with Gasteiger partial charge in [0, 0.05) is 12.1 Å². The van der Waals surface area contributed by atoms with E-state index in [0.717, 1.165) is 31.0 Å². The maximum atomic E-state index is 12.0. The number of nitrogens with one attached hydrogen (secondary N) is 1. The Morgan fingerprint density at radius 3 is 3.00 bits per heavy atom. The lowest BCUT2D eigenvalue weighted by Gasteiger charge is -2.09. The van der Waals surface area contributed by atoms with Gasteiger partial charge in [0.05, 0.1) is 6.54 Å². The summed E-state index contributed by atoms with van der Waals surface area (Å²) in [7, 11) is 4.03. The summed E-state index contributed by atoms with van der Waals surface area (Å²) in [6.07, 6.45) is 0.932. The van der Waals surface area contributed by atoms with Gasteiger partial charge in [-0.25, -0.2) is 4.68 Å². The second kappa shape index (κ2) is 5.39. The second-order valence-electron chi connectivity index (χ2n) is 4.76. The molecule has 0 bridgehead atoms. The Morgan fingerprint density at radius 2 is 2.33 bits per heavy atom. The van der Waals surface area contributed by atoms with Crippen LogP contribution in [0, 0.1) is 6.92 Å². The van der Waals surface area contributed by atoms with Gasteiger partial charge in [-0.3, -0.25) is 4.79 Å². The quantitative estimate of drug-likeness (QED) is 0.764. The normalized spacial score (nSPS) is 13.6. The van der Waals surface area contributed by atoms with Crippen molar-refractivity contribution in [2.45, 2.75) is 19.9 Å². The fourth-order valence-corrected chi connectivity index (χ4v) is 2.00. The first-order valence-electron chi connectivity index (χ1n) is 6.22. The van der Waals surface area contributed by atoms with Gasteiger partial charge in [-0.05, 0) is 34.0 Å². The monoisotopic (exact) mass is 252 g/mol. The number of carbonyl (C=O) groups is 1. The highest BCUT2D eigenvalue weighted by Gasteiger charge is 2.23. The minimum absolute atomic E-state index is 0.114. The fraction of sp³-hybridized carbons (Fsp3) is 0.667. The van der Waals surface area contributed by atoms with Crippen LogP contribution in [0.15, 0.2) is 0 Å². The van der Waals surface area contributed by atoms with E-state index in [-0.39, 0.29) is 5.91 Å². The number of fused-ring (bicyclic) bond motifs is 1. The molecule has 0 saturated carbocycles. The van der Waals surface area contributed by atoms with Gasteiger partial charge in [0.25, 0.3) is 5.91 Å². The first-order valence-corrected chi connectivity index (χ1v) is 6.22. The highest BCUT2D eigenvalue weighted by atomic mass is 16.5. The summed E-state index contributed by atoms with van der Waals surface area (Å²) in [5, 5.41) is 7.16. The molecule has 6 nitrogen and oxygen atoms in total. The predicted octanol–water partition coefficient (Wildman–Crippen LogP) is 0.265. The molecule has 0 aliphatic carbocycles. The van der Waals surface area contributed by atoms with Crippen molar-refractivity contribution in [1.82, 2.24) is 20.0 Å². The molecule has 1 aliphatic rings. The molecule has 0 aromatic carbocycles. The van der Waals surface area contributed by atoms with Gasteiger partial charge < -0.3 is 15.0 Å². The predicted molar refractivity (Wildman–Crippen MR) is 68.0 cm³/mol. The second-order valence-corrected chi connectivity index (χ2v) is 4.76. The van der Waals surface area contributed by atoms with Gasteiger partial charge in [0.2, 0.25) is 5.88 Å². The SMILES string of the molecule is Cc1c(C(=O)NCCCN(C)C)nn2c1OCC2. The number of carbonyl (C=O) groups excluding carboxylic acids is 1. The van der Waals surface area contributed by atoms with Crippen LogP contribution in [0.4, 0.5) is 0 Å². The Labute approximate surface area is 107 Å². The summed E-state index contributed by atoms with van der Waals surface area (Å²) in [6, 6.07) is 0. The van der Waals surface area contributed by atoms with Gasteiger partial charge in [-0.2, -0.15) is 5.10 Å². The molecule has 0 fully saturated rings. The highest BCUT2D eigenvalue weighted by molar-refractivity contribution is 5.94. The summed E-state index contributed by atoms with van der Waals surface area (Å²) >= 11 is 0. The van der Waals surface area contributed by atoms with Gasteiger partial charge in [-0.15, -0.1) is 0 Å². The number of aromatic nitrogens is 2. The Kier molecular flexibility index (Phi) is 3.86. The van der Waals surface area contributed by atoms with E-state index in [2.05, 4.69) is 15.3 Å². The van der Waals surface area contributed by atoms with Gasteiger partial charge in [0.15, 0.2) is 5.69 Å². The van der Waals surface area contributed by atoms with E-state index in [0.29, 0.717) is 18.8 Å². The summed E-state index contributed by atoms with van der Waals surface area (Å²) in [4.78, 5) is 14.1. The molecule has 18 heavy (non-hydrogen) atoms. The van der Waals surface area contributed by atoms with Crippen LogP contribution in [-0.2, 0) is 6.54 Å². The maximum absolute atomic E-state index is 12.0. The van der Waals surface area contributed by atoms with Crippen molar-refractivity contribution in [3.63, 3.8) is 0 Å². The van der Waals surface area contributed by atoms with E-state index >= 15 is 0 Å². The molecule has 0 saturated heterocycles. The molecule has 0 atom stereocenters. The van der Waals surface area contributed by atoms with E-state index in [1.807, 2.05) is 21.0 Å². The zero-order valence-corrected chi connectivity index (χ0v) is 11.2. The maximum Gasteiger partial charge on any atom is 0.272 e. The molecule has 1 N–H and O–H groups in total. The van der Waals surface area contributed by atoms with Crippen LogP contribution < -0.4 is 10.1 Å². The highest BCUT2D eigenvalue weighted by Crippen LogP contribution is 2.25. The molecule has 6 heteroatoms. The molecule has 2 rings (SSSR count). The average molecular weight is 252 g/mol. The molecule has 0 spiro atoms. The number of amides is 1. The minimum Gasteiger partial charge on any atom is -0.476 e. The molecule has 1 aliphatic heterocycles. The largest absolute Gasteiger partial charge is 0.476 e. The number of rotatable bonds is 5. The summed E-state index contributed by atoms with van der Waals surface area (Å²) < 4.78 is 7.18. The third kappa shape index (κ3) is 2.64. The van der Waals surface area contributed by atoms with Crippen LogP contribution in [0.2, 0.25) is 0 Å². The van der Waals surface area contributed by atoms with Crippen LogP contribution in [0.5, 0.6) is 5.88 Å². The van der Waals surface area contributed by atoms with Crippen molar-refractivity contribution in [3.05, 3.63) is 11.3 Å². The third-order valence-corrected chi connectivity index (χ3v) is 2.96. The van der Waals surface area contributed by atoms with Crippen molar-refractivity contribution in [1.29, 1.82) is 0 Å². The van der Waals surface area contributed by atoms with Crippen LogP contribution in [-0.4, -0.2) is 54.4 Å². The van der Waals surface area contributed by atoms with Crippen molar-refractivity contribution >= 4 is 5.91 Å². The lowest BCUT2D eigenvalue weighted by molar-refractivity contribution is 0.0945. The Balaban J connectivity index is 1.90. The van der Waals surface area contributed by atoms with E-state index in [1.165, 1.54) is 0 Å². The zero-order chi connectivity index (χ0) is 13.1. The first kappa shape index (κ1) is 12.9. The van der Waals surface area contributed by atoms with Crippen molar-refractivity contribution in [3.8, 4) is 5.88 Å². The van der Waals surface area contributed by atoms with Crippen molar-refractivity contribution < 1.29 is 9.53 Å². The number of hydrogen-bond acceptors (Lipinski definition) is 4. The number of nitrogens with zero attached hydrogens (tertiary/aromatic N) is 3. The molecular formula is C12H20N4O2. The minimum atomic E-state index is -0.114. The lowest BCUT2D eigenvalue weighted by atomic mass is 10.2. The zero-order valence-electron chi connectivity index (χ0n) is 11.2. The Bertz CT molecular complexity index is 440. The van der Waals surface area contributed by atoms with E-state index in [4.69, 9.17) is 4.74 Å². The van der Waals surface area contributed by atoms with E-state index in [9.17, 15) is 4.79 Å². The first-order chi connectivity index (χ1) is 8.59. The topological polar surface area (TPSA) is 59.4 Å². The molecule has 1 amide bonds. The number of ether oxygens (including phenoxy) is 1. The molecule has 1 aromatic heterocycles. The van der Waals surface area contributed by atoms with Crippen LogP contribution >= 0.6 is 0 Å². The van der Waals surface area contributed by atoms with Crippen LogP contribution in [0.1, 0.15) is 22.5 Å². The van der Waals surface area contributed by atoms with Crippen LogP contribution in [0.25, 0.3) is 0 Å². The Hall–Kier alpha value is -1.56. The van der Waals surface area contributed by atoms with Crippen molar-refractivity contribution in [2.24, 2.45) is 0 Å². The average Bonchev–Trinajstić information content (AvgIpc) is 2.88. The number of hydrogen-bond donors (Lipinski definition) is 1. The van der Waals surface area contributed by atoms with Gasteiger partial charge >= 0.3 is 0 Å². The van der Waals surface area contributed by atoms with Gasteiger partial charge in [-0.1, -0.05) is 0 Å². The van der Waals surface area contributed by atoms with Gasteiger partial charge in [0.1, 0.15) is 6.61 Å². The standard InChI is InChI=1S/C12H20N4O2/c1-9-10(14-16-7-8-18-12(9)16)11(17)13-5-4-6-15(2)3/h4-8H2,1-3H3,(H,13,17). The lowest BCUT2D eigenvalue weighted by Crippen LogP contribution is -2.28. The fourth-order valence-electron chi connectivity index (χ4n) is 2.00. The smallest absolute Gasteiger partial charge is 0.272 e. The molecule has 0 radical (unpaired) electrons. The molecular weight excluding hydrogens is 232 g/mol. The Morgan fingerprint density at radius 1 is 1.56 bits per heavy atom. The summed E-state index contributed by atoms with van der Waals surface area (Å²) in [6.45, 7) is 4.87. The summed E-state index contributed by atoms with van der Waals surface area (Å²) in [5.41, 5.74) is 1.31. The molecule has 1 aromatic rings. The van der Waals surface area contributed by atoms with Crippen molar-refractivity contribution in [2.75, 3.05) is 33.8 Å². The molecule has 0 unspecified atom stereocenters. The summed E-state index contributed by atoms with van der Waals surface area (Å²) in [5.74, 6) is 0.616. The van der Waals surface area contributed by atoms with Crippen LogP contribution in [0.3, 0.4) is 0 Å². The molecule has 2 heterocycles. The molecule has 100 valence electrons. The van der Waals surface area contributed by atoms with E-state index in [1.54, 1.807) is 4.68 Å². The van der Waals surface area contributed by atoms with E-state index < -0.39 is 0 Å². The third-order valence-electron chi connectivity index (χ3n) is 2.96.